The summed E-state index contributed by atoms with van der Waals surface area (Å²) < 4.78 is 4.76. The second kappa shape index (κ2) is 5.94. The van der Waals surface area contributed by atoms with Crippen LogP contribution in [0.4, 0.5) is 0 Å². The predicted octanol–water partition coefficient (Wildman–Crippen LogP) is 1.87. The molecular formula is C15H19NO4. The van der Waals surface area contributed by atoms with Crippen LogP contribution in [0.2, 0.25) is 0 Å². The quantitative estimate of drug-likeness (QED) is 0.838. The molecule has 0 aromatic heterocycles. The van der Waals surface area contributed by atoms with E-state index in [0.717, 1.165) is 18.4 Å². The zero-order valence-corrected chi connectivity index (χ0v) is 11.8. The van der Waals surface area contributed by atoms with Gasteiger partial charge in [-0.05, 0) is 38.3 Å². The summed E-state index contributed by atoms with van der Waals surface area (Å²) in [6, 6.07) is 4.32. The molecule has 1 atom stereocenters. The molecule has 0 radical (unpaired) electrons. The first-order valence-electron chi connectivity index (χ1n) is 6.73. The van der Waals surface area contributed by atoms with Crippen LogP contribution in [0.5, 0.6) is 5.75 Å². The van der Waals surface area contributed by atoms with Crippen molar-refractivity contribution in [1.29, 1.82) is 0 Å². The summed E-state index contributed by atoms with van der Waals surface area (Å²) in [5.74, 6) is -0.777. The van der Waals surface area contributed by atoms with E-state index < -0.39 is 12.0 Å². The number of methoxy groups -OCH3 is 1. The highest BCUT2D eigenvalue weighted by molar-refractivity contribution is 5.99. The van der Waals surface area contributed by atoms with Gasteiger partial charge < -0.3 is 14.7 Å². The molecule has 1 fully saturated rings. The van der Waals surface area contributed by atoms with Gasteiger partial charge in [0.25, 0.3) is 5.91 Å². The van der Waals surface area contributed by atoms with E-state index in [9.17, 15) is 14.7 Å². The molecule has 5 nitrogen and oxygen atoms in total. The molecule has 1 aliphatic rings. The number of piperidine rings is 1. The Hall–Kier alpha value is -2.04. The highest BCUT2D eigenvalue weighted by Crippen LogP contribution is 2.25. The van der Waals surface area contributed by atoms with Gasteiger partial charge in [-0.1, -0.05) is 11.6 Å². The standard InChI is InChI=1S/C15H19NO4/c1-10-6-7-13(17)11(9-10)14(18)16-8-4-3-5-12(16)15(19)20-2/h6-7,9,12,17H,3-5,8H2,1-2H3. The van der Waals surface area contributed by atoms with Crippen LogP contribution in [0, 0.1) is 6.92 Å². The minimum Gasteiger partial charge on any atom is -0.507 e. The number of ether oxygens (including phenoxy) is 1. The molecule has 2 rings (SSSR count). The number of nitrogens with zero attached hydrogens (tertiary/aromatic N) is 1. The first kappa shape index (κ1) is 14.4. The summed E-state index contributed by atoms with van der Waals surface area (Å²) in [5.41, 5.74) is 1.12. The van der Waals surface area contributed by atoms with Crippen LogP contribution in [-0.2, 0) is 9.53 Å². The maximum Gasteiger partial charge on any atom is 0.328 e. The molecule has 1 aliphatic heterocycles. The normalized spacial score (nSPS) is 18.7. The predicted molar refractivity (Wildman–Crippen MR) is 73.5 cm³/mol. The number of phenols is 1. The summed E-state index contributed by atoms with van der Waals surface area (Å²) in [6.07, 6.45) is 2.35. The fourth-order valence-electron chi connectivity index (χ4n) is 2.53. The van der Waals surface area contributed by atoms with Crippen molar-refractivity contribution in [2.24, 2.45) is 0 Å². The average molecular weight is 277 g/mol. The molecule has 108 valence electrons. The Labute approximate surface area is 118 Å². The number of hydrogen-bond donors (Lipinski definition) is 1. The van der Waals surface area contributed by atoms with Gasteiger partial charge in [0.2, 0.25) is 0 Å². The lowest BCUT2D eigenvalue weighted by Crippen LogP contribution is -2.48. The second-order valence-electron chi connectivity index (χ2n) is 5.05. The molecule has 0 spiro atoms. The second-order valence-corrected chi connectivity index (χ2v) is 5.05. The molecule has 0 saturated carbocycles. The number of benzene rings is 1. The summed E-state index contributed by atoms with van der Waals surface area (Å²) in [6.45, 7) is 2.36. The van der Waals surface area contributed by atoms with E-state index in [-0.39, 0.29) is 17.2 Å². The van der Waals surface area contributed by atoms with Crippen molar-refractivity contribution < 1.29 is 19.4 Å². The highest BCUT2D eigenvalue weighted by atomic mass is 16.5. The lowest BCUT2D eigenvalue weighted by Gasteiger charge is -2.34. The third kappa shape index (κ3) is 2.76. The zero-order valence-electron chi connectivity index (χ0n) is 11.8. The molecule has 1 unspecified atom stereocenters. The Morgan fingerprint density at radius 3 is 2.80 bits per heavy atom. The van der Waals surface area contributed by atoms with Crippen LogP contribution in [0.1, 0.15) is 35.2 Å². The molecule has 1 aromatic carbocycles. The van der Waals surface area contributed by atoms with Crippen molar-refractivity contribution in [3.05, 3.63) is 29.3 Å². The third-order valence-corrected chi connectivity index (χ3v) is 3.62. The van der Waals surface area contributed by atoms with E-state index in [2.05, 4.69) is 0 Å². The number of phenolic OH excluding ortho intramolecular Hbond substituents is 1. The van der Waals surface area contributed by atoms with Crippen LogP contribution in [0.25, 0.3) is 0 Å². The lowest BCUT2D eigenvalue weighted by molar-refractivity contribution is -0.147. The molecule has 1 N–H and O–H groups in total. The van der Waals surface area contributed by atoms with Gasteiger partial charge in [0.15, 0.2) is 0 Å². The van der Waals surface area contributed by atoms with Gasteiger partial charge in [-0.15, -0.1) is 0 Å². The van der Waals surface area contributed by atoms with E-state index in [1.807, 2.05) is 6.92 Å². The number of carbonyl (C=O) groups excluding carboxylic acids is 2. The van der Waals surface area contributed by atoms with Crippen molar-refractivity contribution in [3.8, 4) is 5.75 Å². The SMILES string of the molecule is COC(=O)C1CCCCN1C(=O)c1cc(C)ccc1O. The first-order chi connectivity index (χ1) is 9.54. The zero-order chi connectivity index (χ0) is 14.7. The Morgan fingerprint density at radius 2 is 2.10 bits per heavy atom. The molecule has 20 heavy (non-hydrogen) atoms. The number of amides is 1. The summed E-state index contributed by atoms with van der Waals surface area (Å²) in [7, 11) is 1.32. The molecule has 1 aromatic rings. The van der Waals surface area contributed by atoms with Crippen molar-refractivity contribution in [3.63, 3.8) is 0 Å². The molecular weight excluding hydrogens is 258 g/mol. The maximum absolute atomic E-state index is 12.6. The molecule has 5 heteroatoms. The fourth-order valence-corrected chi connectivity index (χ4v) is 2.53. The average Bonchev–Trinajstić information content (AvgIpc) is 2.48. The molecule has 1 amide bonds. The van der Waals surface area contributed by atoms with Gasteiger partial charge in [-0.2, -0.15) is 0 Å². The maximum atomic E-state index is 12.6. The van der Waals surface area contributed by atoms with Gasteiger partial charge in [-0.25, -0.2) is 4.79 Å². The molecule has 1 heterocycles. The lowest BCUT2D eigenvalue weighted by atomic mass is 10.00. The van der Waals surface area contributed by atoms with Crippen molar-refractivity contribution in [2.45, 2.75) is 32.2 Å². The topological polar surface area (TPSA) is 66.8 Å². The van der Waals surface area contributed by atoms with Gasteiger partial charge >= 0.3 is 5.97 Å². The monoisotopic (exact) mass is 277 g/mol. The van der Waals surface area contributed by atoms with E-state index >= 15 is 0 Å². The first-order valence-corrected chi connectivity index (χ1v) is 6.73. The fraction of sp³-hybridized carbons (Fsp3) is 0.467. The summed E-state index contributed by atoms with van der Waals surface area (Å²) in [5, 5.41) is 9.85. The third-order valence-electron chi connectivity index (χ3n) is 3.62. The van der Waals surface area contributed by atoms with E-state index in [4.69, 9.17) is 4.74 Å². The van der Waals surface area contributed by atoms with Gasteiger partial charge in [0.05, 0.1) is 12.7 Å². The Bertz CT molecular complexity index is 527. The smallest absolute Gasteiger partial charge is 0.328 e. The Morgan fingerprint density at radius 1 is 1.35 bits per heavy atom. The molecule has 0 bridgehead atoms. The molecule has 1 saturated heterocycles. The van der Waals surface area contributed by atoms with Crippen LogP contribution >= 0.6 is 0 Å². The number of likely N-dealkylation sites (tertiary alicyclic amines) is 1. The van der Waals surface area contributed by atoms with E-state index in [1.54, 1.807) is 12.1 Å². The number of esters is 1. The summed E-state index contributed by atoms with van der Waals surface area (Å²) >= 11 is 0. The number of hydrogen-bond acceptors (Lipinski definition) is 4. The number of carbonyl (C=O) groups is 2. The minimum atomic E-state index is -0.554. The number of aryl methyl sites for hydroxylation is 1. The van der Waals surface area contributed by atoms with Crippen LogP contribution in [-0.4, -0.2) is 41.6 Å². The van der Waals surface area contributed by atoms with Gasteiger partial charge in [-0.3, -0.25) is 4.79 Å². The Balaban J connectivity index is 2.30. The van der Waals surface area contributed by atoms with Gasteiger partial charge in [0, 0.05) is 6.54 Å². The van der Waals surface area contributed by atoms with Crippen LogP contribution < -0.4 is 0 Å². The van der Waals surface area contributed by atoms with Crippen molar-refractivity contribution in [2.75, 3.05) is 13.7 Å². The van der Waals surface area contributed by atoms with E-state index in [0.29, 0.717) is 13.0 Å². The van der Waals surface area contributed by atoms with Crippen molar-refractivity contribution in [1.82, 2.24) is 4.90 Å². The number of rotatable bonds is 2. The highest BCUT2D eigenvalue weighted by Gasteiger charge is 2.34. The summed E-state index contributed by atoms with van der Waals surface area (Å²) in [4.78, 5) is 25.9. The van der Waals surface area contributed by atoms with Crippen molar-refractivity contribution >= 4 is 11.9 Å². The Kier molecular flexibility index (Phi) is 4.27. The van der Waals surface area contributed by atoms with Crippen LogP contribution in [0.3, 0.4) is 0 Å². The number of aromatic hydroxyl groups is 1. The molecule has 0 aliphatic carbocycles. The van der Waals surface area contributed by atoms with E-state index in [1.165, 1.54) is 18.1 Å². The van der Waals surface area contributed by atoms with Crippen LogP contribution in [0.15, 0.2) is 18.2 Å². The largest absolute Gasteiger partial charge is 0.507 e. The van der Waals surface area contributed by atoms with Gasteiger partial charge in [0.1, 0.15) is 11.8 Å². The minimum absolute atomic E-state index is 0.0604.